The van der Waals surface area contributed by atoms with E-state index in [0.29, 0.717) is 31.3 Å². The average molecular weight is 329 g/mol. The molecular weight excluding hydrogens is 306 g/mol. The zero-order valence-corrected chi connectivity index (χ0v) is 13.7. The number of para-hydroxylation sites is 2. The molecule has 2 aromatic rings. The van der Waals surface area contributed by atoms with E-state index in [2.05, 4.69) is 14.9 Å². The summed E-state index contributed by atoms with van der Waals surface area (Å²) in [4.78, 5) is 27.3. The minimum atomic E-state index is -0.821. The van der Waals surface area contributed by atoms with Gasteiger partial charge >= 0.3 is 5.97 Å². The number of carbonyl (C=O) groups excluding carboxylic acids is 1. The number of amides is 1. The molecule has 0 unspecified atom stereocenters. The van der Waals surface area contributed by atoms with Gasteiger partial charge in [-0.25, -0.2) is 4.98 Å². The fourth-order valence-corrected chi connectivity index (χ4v) is 3.41. The summed E-state index contributed by atoms with van der Waals surface area (Å²) in [5.74, 6) is -0.306. The van der Waals surface area contributed by atoms with Gasteiger partial charge in [0.05, 0.1) is 11.0 Å². The monoisotopic (exact) mass is 329 g/mol. The highest BCUT2D eigenvalue weighted by atomic mass is 16.4. The highest BCUT2D eigenvalue weighted by molar-refractivity contribution is 5.91. The Kier molecular flexibility index (Phi) is 5.13. The Hall–Kier alpha value is -2.37. The largest absolute Gasteiger partial charge is 0.481 e. The van der Waals surface area contributed by atoms with Gasteiger partial charge in [0.2, 0.25) is 11.9 Å². The van der Waals surface area contributed by atoms with Gasteiger partial charge in [-0.1, -0.05) is 25.0 Å². The second-order valence-electron chi connectivity index (χ2n) is 6.38. The normalized spacial score (nSPS) is 15.0. The maximum atomic E-state index is 12.2. The van der Waals surface area contributed by atoms with Crippen molar-refractivity contribution in [2.45, 2.75) is 57.4 Å². The number of nitrogens with one attached hydrogen (secondary N) is 1. The Morgan fingerprint density at radius 1 is 1.17 bits per heavy atom. The molecule has 1 amide bonds. The van der Waals surface area contributed by atoms with E-state index in [0.717, 1.165) is 23.9 Å². The number of aromatic nitrogens is 2. The van der Waals surface area contributed by atoms with E-state index in [1.165, 1.54) is 12.8 Å². The first-order valence-corrected chi connectivity index (χ1v) is 8.64. The van der Waals surface area contributed by atoms with Gasteiger partial charge in [-0.3, -0.25) is 14.9 Å². The quantitative estimate of drug-likeness (QED) is 0.758. The second-order valence-corrected chi connectivity index (χ2v) is 6.38. The topological polar surface area (TPSA) is 84.2 Å². The van der Waals surface area contributed by atoms with Crippen molar-refractivity contribution in [1.82, 2.24) is 9.55 Å². The fourth-order valence-electron chi connectivity index (χ4n) is 3.41. The maximum absolute atomic E-state index is 12.2. The molecule has 1 aliphatic rings. The molecule has 1 aromatic heterocycles. The number of carboxylic acids is 1. The zero-order chi connectivity index (χ0) is 16.9. The molecule has 0 atom stereocenters. The van der Waals surface area contributed by atoms with E-state index >= 15 is 0 Å². The number of carbonyl (C=O) groups is 2. The number of fused-ring (bicyclic) bond motifs is 1. The molecule has 0 aliphatic heterocycles. The molecule has 1 fully saturated rings. The van der Waals surface area contributed by atoms with Crippen LogP contribution in [0.1, 0.15) is 57.4 Å². The van der Waals surface area contributed by atoms with Gasteiger partial charge in [-0.2, -0.15) is 0 Å². The van der Waals surface area contributed by atoms with Gasteiger partial charge in [-0.05, 0) is 37.8 Å². The van der Waals surface area contributed by atoms with Gasteiger partial charge in [0.25, 0.3) is 0 Å². The Morgan fingerprint density at radius 2 is 1.88 bits per heavy atom. The maximum Gasteiger partial charge on any atom is 0.303 e. The van der Waals surface area contributed by atoms with Gasteiger partial charge in [-0.15, -0.1) is 0 Å². The molecule has 3 rings (SSSR count). The van der Waals surface area contributed by atoms with Crippen molar-refractivity contribution in [1.29, 1.82) is 0 Å². The van der Waals surface area contributed by atoms with Gasteiger partial charge in [0.1, 0.15) is 0 Å². The summed E-state index contributed by atoms with van der Waals surface area (Å²) in [6, 6.07) is 8.34. The van der Waals surface area contributed by atoms with Crippen molar-refractivity contribution in [2.75, 3.05) is 5.32 Å². The summed E-state index contributed by atoms with van der Waals surface area (Å²) in [6.45, 7) is 0. The predicted octanol–water partition coefficient (Wildman–Crippen LogP) is 3.73. The van der Waals surface area contributed by atoms with Gasteiger partial charge < -0.3 is 9.67 Å². The molecule has 2 N–H and O–H groups in total. The molecule has 24 heavy (non-hydrogen) atoms. The van der Waals surface area contributed by atoms with Crippen molar-refractivity contribution in [3.8, 4) is 0 Å². The first-order chi connectivity index (χ1) is 11.6. The van der Waals surface area contributed by atoms with Crippen LogP contribution in [-0.2, 0) is 9.59 Å². The molecule has 0 saturated heterocycles. The van der Waals surface area contributed by atoms with Crippen LogP contribution in [0, 0.1) is 0 Å². The third-order valence-corrected chi connectivity index (χ3v) is 4.58. The van der Waals surface area contributed by atoms with Crippen LogP contribution in [0.3, 0.4) is 0 Å². The summed E-state index contributed by atoms with van der Waals surface area (Å²) in [5.41, 5.74) is 1.95. The SMILES string of the molecule is O=C(O)CCCCC(=O)Nc1nc2ccccc2n1C1CCCC1. The van der Waals surface area contributed by atoms with Crippen molar-refractivity contribution < 1.29 is 14.7 Å². The van der Waals surface area contributed by atoms with Gasteiger partial charge in [0, 0.05) is 18.9 Å². The van der Waals surface area contributed by atoms with Crippen LogP contribution < -0.4 is 5.32 Å². The van der Waals surface area contributed by atoms with E-state index in [1.54, 1.807) is 0 Å². The number of hydrogen-bond acceptors (Lipinski definition) is 3. The Labute approximate surface area is 140 Å². The van der Waals surface area contributed by atoms with Crippen molar-refractivity contribution in [3.05, 3.63) is 24.3 Å². The standard InChI is InChI=1S/C18H23N3O3/c22-16(11-5-6-12-17(23)24)20-18-19-14-9-3-4-10-15(14)21(18)13-7-1-2-8-13/h3-4,9-10,13H,1-2,5-8,11-12H2,(H,23,24)(H,19,20,22). The summed E-state index contributed by atoms with van der Waals surface area (Å²) in [5, 5.41) is 11.6. The van der Waals surface area contributed by atoms with Crippen molar-refractivity contribution >= 4 is 28.9 Å². The van der Waals surface area contributed by atoms with Crippen LogP contribution >= 0.6 is 0 Å². The number of unbranched alkanes of at least 4 members (excludes halogenated alkanes) is 1. The molecule has 6 nitrogen and oxygen atoms in total. The number of anilines is 1. The molecule has 6 heteroatoms. The van der Waals surface area contributed by atoms with Gasteiger partial charge in [0.15, 0.2) is 0 Å². The summed E-state index contributed by atoms with van der Waals surface area (Å²) in [6.07, 6.45) is 6.15. The Bertz CT molecular complexity index is 732. The number of imidazole rings is 1. The molecule has 1 aromatic carbocycles. The molecule has 0 radical (unpaired) electrons. The molecule has 1 saturated carbocycles. The average Bonchev–Trinajstić information content (AvgIpc) is 3.18. The molecule has 1 aliphatic carbocycles. The third-order valence-electron chi connectivity index (χ3n) is 4.58. The lowest BCUT2D eigenvalue weighted by Gasteiger charge is -2.16. The number of nitrogens with zero attached hydrogens (tertiary/aromatic N) is 2. The molecule has 0 bridgehead atoms. The van der Waals surface area contributed by atoms with Crippen LogP contribution in [0.5, 0.6) is 0 Å². The van der Waals surface area contributed by atoms with Crippen LogP contribution in [0.2, 0.25) is 0 Å². The first-order valence-electron chi connectivity index (χ1n) is 8.64. The number of rotatable bonds is 7. The lowest BCUT2D eigenvalue weighted by molar-refractivity contribution is -0.137. The number of carboxylic acid groups (broad SMARTS) is 1. The van der Waals surface area contributed by atoms with Crippen LogP contribution in [-0.4, -0.2) is 26.5 Å². The lowest BCUT2D eigenvalue weighted by atomic mass is 10.2. The lowest BCUT2D eigenvalue weighted by Crippen LogP contribution is -2.17. The highest BCUT2D eigenvalue weighted by Crippen LogP contribution is 2.35. The number of hydrogen-bond donors (Lipinski definition) is 2. The van der Waals surface area contributed by atoms with E-state index in [1.807, 2.05) is 24.3 Å². The van der Waals surface area contributed by atoms with Crippen LogP contribution in [0.4, 0.5) is 5.95 Å². The minimum absolute atomic E-state index is 0.102. The minimum Gasteiger partial charge on any atom is -0.481 e. The second kappa shape index (κ2) is 7.47. The zero-order valence-electron chi connectivity index (χ0n) is 13.7. The molecule has 128 valence electrons. The smallest absolute Gasteiger partial charge is 0.303 e. The van der Waals surface area contributed by atoms with E-state index in [-0.39, 0.29) is 12.3 Å². The van der Waals surface area contributed by atoms with Crippen LogP contribution in [0.25, 0.3) is 11.0 Å². The van der Waals surface area contributed by atoms with E-state index in [9.17, 15) is 9.59 Å². The van der Waals surface area contributed by atoms with Crippen molar-refractivity contribution in [3.63, 3.8) is 0 Å². The third kappa shape index (κ3) is 3.75. The molecule has 0 spiro atoms. The summed E-state index contributed by atoms with van der Waals surface area (Å²) < 4.78 is 2.16. The Morgan fingerprint density at radius 3 is 2.62 bits per heavy atom. The fraction of sp³-hybridized carbons (Fsp3) is 0.500. The summed E-state index contributed by atoms with van der Waals surface area (Å²) in [7, 11) is 0. The first kappa shape index (κ1) is 16.5. The molecule has 1 heterocycles. The highest BCUT2D eigenvalue weighted by Gasteiger charge is 2.23. The molecular formula is C18H23N3O3. The van der Waals surface area contributed by atoms with E-state index < -0.39 is 5.97 Å². The predicted molar refractivity (Wildman–Crippen MR) is 92.0 cm³/mol. The number of benzene rings is 1. The van der Waals surface area contributed by atoms with Crippen molar-refractivity contribution in [2.24, 2.45) is 0 Å². The Balaban J connectivity index is 1.72. The summed E-state index contributed by atoms with van der Waals surface area (Å²) >= 11 is 0. The van der Waals surface area contributed by atoms with E-state index in [4.69, 9.17) is 5.11 Å². The number of aliphatic carboxylic acids is 1. The van der Waals surface area contributed by atoms with Crippen LogP contribution in [0.15, 0.2) is 24.3 Å².